The zero-order chi connectivity index (χ0) is 20.2. The lowest BCUT2D eigenvalue weighted by molar-refractivity contribution is -0.117. The van der Waals surface area contributed by atoms with Gasteiger partial charge in [-0.2, -0.15) is 5.26 Å². The molecule has 2 aromatic carbocycles. The lowest BCUT2D eigenvalue weighted by Crippen LogP contribution is -2.26. The molecule has 1 fully saturated rings. The van der Waals surface area contributed by atoms with Crippen molar-refractivity contribution in [2.75, 3.05) is 6.61 Å². The largest absolute Gasteiger partial charge is 0.492 e. The number of fused-ring (bicyclic) bond motifs is 1. The van der Waals surface area contributed by atoms with Crippen molar-refractivity contribution < 1.29 is 9.53 Å². The second-order valence-corrected chi connectivity index (χ2v) is 7.93. The average molecular weight is 450 g/mol. The van der Waals surface area contributed by atoms with E-state index in [1.807, 2.05) is 60.8 Å². The van der Waals surface area contributed by atoms with Crippen LogP contribution in [0.2, 0.25) is 0 Å². The number of carbonyl (C=O) groups is 1. The first-order chi connectivity index (χ1) is 14.1. The Bertz CT molecular complexity index is 1110. The van der Waals surface area contributed by atoms with Crippen molar-refractivity contribution in [2.45, 2.75) is 25.4 Å². The summed E-state index contributed by atoms with van der Waals surface area (Å²) in [5.41, 5.74) is 1.98. The average Bonchev–Trinajstić information content (AvgIpc) is 3.48. The number of hydrogen-bond acceptors (Lipinski definition) is 3. The molecular formula is C23H20BrN3O2. The number of hydrogen-bond donors (Lipinski definition) is 1. The van der Waals surface area contributed by atoms with Gasteiger partial charge >= 0.3 is 0 Å². The summed E-state index contributed by atoms with van der Waals surface area (Å²) in [5.74, 6) is 0.522. The molecule has 1 amide bonds. The number of rotatable bonds is 7. The Hall–Kier alpha value is -3.04. The SMILES string of the molecule is N#C/C(=C\c1cn(CCOc2ccccc2)c2ccc(Br)cc12)C(=O)NC1CC1. The van der Waals surface area contributed by atoms with E-state index in [2.05, 4.69) is 25.8 Å². The standard InChI is InChI=1S/C23H20BrN3O2/c24-18-6-9-22-21(13-18)17(12-16(14-25)23(28)26-19-7-8-19)15-27(22)10-11-29-20-4-2-1-3-5-20/h1-6,9,12-13,15,19H,7-8,10-11H2,(H,26,28)/b16-12+. The van der Waals surface area contributed by atoms with Crippen LogP contribution in [0.5, 0.6) is 5.75 Å². The molecule has 0 bridgehead atoms. The normalized spacial score (nSPS) is 13.9. The number of carbonyl (C=O) groups excluding carboxylic acids is 1. The molecule has 0 atom stereocenters. The summed E-state index contributed by atoms with van der Waals surface area (Å²) < 4.78 is 8.85. The molecule has 29 heavy (non-hydrogen) atoms. The van der Waals surface area contributed by atoms with E-state index in [9.17, 15) is 10.1 Å². The van der Waals surface area contributed by atoms with Crippen molar-refractivity contribution in [2.24, 2.45) is 0 Å². The molecule has 1 saturated carbocycles. The highest BCUT2D eigenvalue weighted by molar-refractivity contribution is 9.10. The monoisotopic (exact) mass is 449 g/mol. The zero-order valence-electron chi connectivity index (χ0n) is 15.8. The predicted molar refractivity (Wildman–Crippen MR) is 116 cm³/mol. The highest BCUT2D eigenvalue weighted by atomic mass is 79.9. The van der Waals surface area contributed by atoms with Gasteiger partial charge in [-0.25, -0.2) is 0 Å². The number of para-hydroxylation sites is 1. The van der Waals surface area contributed by atoms with Crippen molar-refractivity contribution >= 4 is 38.8 Å². The molecule has 1 aromatic heterocycles. The smallest absolute Gasteiger partial charge is 0.262 e. The van der Waals surface area contributed by atoms with Crippen LogP contribution in [-0.4, -0.2) is 23.1 Å². The first-order valence-corrected chi connectivity index (χ1v) is 10.3. The Morgan fingerprint density at radius 2 is 2.07 bits per heavy atom. The molecule has 1 N–H and O–H groups in total. The molecule has 0 spiro atoms. The molecule has 3 aromatic rings. The highest BCUT2D eigenvalue weighted by Crippen LogP contribution is 2.27. The number of nitrogens with zero attached hydrogens (tertiary/aromatic N) is 2. The Kier molecular flexibility index (Phi) is 5.68. The zero-order valence-corrected chi connectivity index (χ0v) is 17.4. The van der Waals surface area contributed by atoms with Crippen molar-refractivity contribution in [1.29, 1.82) is 5.26 Å². The number of nitriles is 1. The molecule has 0 unspecified atom stereocenters. The molecule has 0 saturated heterocycles. The summed E-state index contributed by atoms with van der Waals surface area (Å²) in [6.07, 6.45) is 5.60. The fourth-order valence-corrected chi connectivity index (χ4v) is 3.53. The number of nitrogens with one attached hydrogen (secondary N) is 1. The second kappa shape index (κ2) is 8.54. The highest BCUT2D eigenvalue weighted by Gasteiger charge is 2.25. The summed E-state index contributed by atoms with van der Waals surface area (Å²) in [4.78, 5) is 12.3. The van der Waals surface area contributed by atoms with Crippen LogP contribution in [0.3, 0.4) is 0 Å². The summed E-state index contributed by atoms with van der Waals surface area (Å²) >= 11 is 3.51. The van der Waals surface area contributed by atoms with E-state index in [4.69, 9.17) is 4.74 Å². The van der Waals surface area contributed by atoms with Crippen LogP contribution in [0.15, 0.2) is 64.8 Å². The molecule has 0 aliphatic heterocycles. The van der Waals surface area contributed by atoms with Gasteiger partial charge in [-0.3, -0.25) is 4.79 Å². The van der Waals surface area contributed by atoms with Crippen molar-refractivity contribution in [3.63, 3.8) is 0 Å². The van der Waals surface area contributed by atoms with Gasteiger partial charge in [0.15, 0.2) is 0 Å². The Balaban J connectivity index is 1.60. The van der Waals surface area contributed by atoms with E-state index in [-0.39, 0.29) is 17.5 Å². The van der Waals surface area contributed by atoms with Crippen LogP contribution in [0.1, 0.15) is 18.4 Å². The van der Waals surface area contributed by atoms with Gasteiger partial charge in [0.2, 0.25) is 0 Å². The van der Waals surface area contributed by atoms with Gasteiger partial charge in [0.1, 0.15) is 24.0 Å². The maximum atomic E-state index is 12.3. The summed E-state index contributed by atoms with van der Waals surface area (Å²) in [7, 11) is 0. The number of aromatic nitrogens is 1. The minimum atomic E-state index is -0.307. The summed E-state index contributed by atoms with van der Waals surface area (Å²) in [6.45, 7) is 1.16. The maximum absolute atomic E-state index is 12.3. The molecule has 1 aliphatic rings. The van der Waals surface area contributed by atoms with E-state index in [0.29, 0.717) is 13.2 Å². The van der Waals surface area contributed by atoms with Gasteiger partial charge in [0.05, 0.1) is 6.54 Å². The first-order valence-electron chi connectivity index (χ1n) is 9.53. The maximum Gasteiger partial charge on any atom is 0.262 e. The van der Waals surface area contributed by atoms with Gasteiger partial charge in [-0.15, -0.1) is 0 Å². The molecule has 4 rings (SSSR count). The van der Waals surface area contributed by atoms with E-state index in [1.54, 1.807) is 6.08 Å². The van der Waals surface area contributed by atoms with E-state index in [1.165, 1.54) is 0 Å². The van der Waals surface area contributed by atoms with Crippen LogP contribution < -0.4 is 10.1 Å². The van der Waals surface area contributed by atoms with Gasteiger partial charge in [0, 0.05) is 33.2 Å². The third-order valence-corrected chi connectivity index (χ3v) is 5.29. The Morgan fingerprint density at radius 1 is 1.28 bits per heavy atom. The topological polar surface area (TPSA) is 67.0 Å². The van der Waals surface area contributed by atoms with Gasteiger partial charge < -0.3 is 14.6 Å². The van der Waals surface area contributed by atoms with E-state index < -0.39 is 0 Å². The summed E-state index contributed by atoms with van der Waals surface area (Å²) in [5, 5.41) is 13.3. The summed E-state index contributed by atoms with van der Waals surface area (Å²) in [6, 6.07) is 18.0. The molecule has 1 heterocycles. The number of ether oxygens (including phenoxy) is 1. The lowest BCUT2D eigenvalue weighted by atomic mass is 10.1. The van der Waals surface area contributed by atoms with Crippen LogP contribution >= 0.6 is 15.9 Å². The van der Waals surface area contributed by atoms with Crippen LogP contribution in [0.4, 0.5) is 0 Å². The van der Waals surface area contributed by atoms with Gasteiger partial charge in [0.25, 0.3) is 5.91 Å². The lowest BCUT2D eigenvalue weighted by Gasteiger charge is -2.08. The molecule has 1 aliphatic carbocycles. The minimum Gasteiger partial charge on any atom is -0.492 e. The van der Waals surface area contributed by atoms with Crippen LogP contribution in [0.25, 0.3) is 17.0 Å². The van der Waals surface area contributed by atoms with Gasteiger partial charge in [-0.1, -0.05) is 34.1 Å². The van der Waals surface area contributed by atoms with Crippen molar-refractivity contribution in [3.8, 4) is 11.8 Å². The minimum absolute atomic E-state index is 0.122. The Morgan fingerprint density at radius 3 is 2.79 bits per heavy atom. The fourth-order valence-electron chi connectivity index (χ4n) is 3.17. The van der Waals surface area contributed by atoms with Crippen molar-refractivity contribution in [1.82, 2.24) is 9.88 Å². The second-order valence-electron chi connectivity index (χ2n) is 7.02. The van der Waals surface area contributed by atoms with Crippen LogP contribution in [0, 0.1) is 11.3 Å². The molecule has 0 radical (unpaired) electrons. The number of amides is 1. The predicted octanol–water partition coefficient (Wildman–Crippen LogP) is 4.67. The number of halogens is 1. The third-order valence-electron chi connectivity index (χ3n) is 4.80. The molecule has 6 heteroatoms. The Labute approximate surface area is 177 Å². The molecular weight excluding hydrogens is 430 g/mol. The van der Waals surface area contributed by atoms with E-state index in [0.717, 1.165) is 39.5 Å². The molecule has 146 valence electrons. The van der Waals surface area contributed by atoms with Gasteiger partial charge in [-0.05, 0) is 49.2 Å². The van der Waals surface area contributed by atoms with E-state index >= 15 is 0 Å². The first kappa shape index (κ1) is 19.3. The third kappa shape index (κ3) is 4.69. The molecule has 5 nitrogen and oxygen atoms in total. The quantitative estimate of drug-likeness (QED) is 0.420. The number of benzene rings is 2. The van der Waals surface area contributed by atoms with Crippen LogP contribution in [-0.2, 0) is 11.3 Å². The fraction of sp³-hybridized carbons (Fsp3) is 0.217. The van der Waals surface area contributed by atoms with Crippen molar-refractivity contribution in [3.05, 3.63) is 70.3 Å².